The van der Waals surface area contributed by atoms with Gasteiger partial charge in [0.25, 0.3) is 0 Å². The van der Waals surface area contributed by atoms with Crippen molar-refractivity contribution in [3.8, 4) is 11.5 Å². The van der Waals surface area contributed by atoms with Gasteiger partial charge in [-0.2, -0.15) is 0 Å². The van der Waals surface area contributed by atoms with Gasteiger partial charge in [0.1, 0.15) is 23.9 Å². The lowest BCUT2D eigenvalue weighted by atomic mass is 10.2. The van der Waals surface area contributed by atoms with Crippen LogP contribution in [0.2, 0.25) is 10.0 Å². The molecule has 0 aliphatic heterocycles. The molecule has 0 saturated heterocycles. The van der Waals surface area contributed by atoms with Crippen LogP contribution in [0, 0.1) is 5.82 Å². The summed E-state index contributed by atoms with van der Waals surface area (Å²) < 4.78 is 24.3. The minimum Gasteiger partial charge on any atom is -0.497 e. The average molecular weight is 331 g/mol. The van der Waals surface area contributed by atoms with Crippen molar-refractivity contribution < 1.29 is 19.0 Å². The van der Waals surface area contributed by atoms with Crippen LogP contribution in [0.5, 0.6) is 11.5 Å². The fourth-order valence-electron chi connectivity index (χ4n) is 1.81. The summed E-state index contributed by atoms with van der Waals surface area (Å²) in [6, 6.07) is 7.53. The molecule has 3 nitrogen and oxygen atoms in total. The van der Waals surface area contributed by atoms with Gasteiger partial charge in [-0.3, -0.25) is 0 Å². The molecule has 21 heavy (non-hydrogen) atoms. The van der Waals surface area contributed by atoms with Gasteiger partial charge in [-0.05, 0) is 24.3 Å². The molecule has 0 bridgehead atoms. The van der Waals surface area contributed by atoms with Crippen molar-refractivity contribution in [2.75, 3.05) is 7.11 Å². The van der Waals surface area contributed by atoms with Crippen LogP contribution >= 0.6 is 23.2 Å². The van der Waals surface area contributed by atoms with Crippen LogP contribution in [0.15, 0.2) is 30.3 Å². The van der Waals surface area contributed by atoms with Gasteiger partial charge in [-0.25, -0.2) is 4.39 Å². The van der Waals surface area contributed by atoms with E-state index < -0.39 is 5.82 Å². The Bertz CT molecular complexity index is 647. The van der Waals surface area contributed by atoms with Crippen molar-refractivity contribution in [3.63, 3.8) is 0 Å². The summed E-state index contributed by atoms with van der Waals surface area (Å²) in [7, 11) is 1.46. The molecule has 0 amide bonds. The van der Waals surface area contributed by atoms with Gasteiger partial charge >= 0.3 is 0 Å². The van der Waals surface area contributed by atoms with Crippen LogP contribution in [0.25, 0.3) is 0 Å². The number of halogens is 3. The highest BCUT2D eigenvalue weighted by atomic mass is 35.5. The van der Waals surface area contributed by atoms with Crippen molar-refractivity contribution in [2.24, 2.45) is 0 Å². The Morgan fingerprint density at radius 1 is 1.14 bits per heavy atom. The molecule has 0 saturated carbocycles. The van der Waals surface area contributed by atoms with Crippen LogP contribution in [-0.2, 0) is 13.2 Å². The molecule has 0 aliphatic rings. The third-order valence-corrected chi connectivity index (χ3v) is 3.39. The molecule has 2 rings (SSSR count). The maximum absolute atomic E-state index is 13.8. The first-order valence-electron chi connectivity index (χ1n) is 6.09. The van der Waals surface area contributed by atoms with Crippen LogP contribution in [0.4, 0.5) is 4.39 Å². The molecular formula is C15H13Cl2FO3. The lowest BCUT2D eigenvalue weighted by molar-refractivity contribution is 0.257. The summed E-state index contributed by atoms with van der Waals surface area (Å²) >= 11 is 11.9. The fourth-order valence-corrected chi connectivity index (χ4v) is 2.40. The minimum absolute atomic E-state index is 0.0236. The predicted octanol–water partition coefficient (Wildman–Crippen LogP) is 4.21. The second kappa shape index (κ2) is 6.98. The molecule has 0 aromatic heterocycles. The van der Waals surface area contributed by atoms with E-state index in [-0.39, 0.29) is 18.2 Å². The number of hydrogen-bond acceptors (Lipinski definition) is 3. The number of rotatable bonds is 5. The number of benzene rings is 2. The van der Waals surface area contributed by atoms with Crippen molar-refractivity contribution in [1.82, 2.24) is 0 Å². The maximum Gasteiger partial charge on any atom is 0.144 e. The first-order valence-corrected chi connectivity index (χ1v) is 6.84. The van der Waals surface area contributed by atoms with E-state index in [1.54, 1.807) is 18.2 Å². The first-order chi connectivity index (χ1) is 10.0. The molecule has 0 unspecified atom stereocenters. The van der Waals surface area contributed by atoms with Crippen molar-refractivity contribution in [3.05, 3.63) is 57.3 Å². The third kappa shape index (κ3) is 3.79. The van der Waals surface area contributed by atoms with Crippen LogP contribution < -0.4 is 9.47 Å². The summed E-state index contributed by atoms with van der Waals surface area (Å²) in [5.74, 6) is 0.278. The van der Waals surface area contributed by atoms with Crippen molar-refractivity contribution >= 4 is 23.2 Å². The molecule has 2 aromatic carbocycles. The molecule has 0 aliphatic carbocycles. The quantitative estimate of drug-likeness (QED) is 0.892. The smallest absolute Gasteiger partial charge is 0.144 e. The molecule has 112 valence electrons. The van der Waals surface area contributed by atoms with E-state index in [0.29, 0.717) is 27.6 Å². The minimum atomic E-state index is -0.440. The number of hydrogen-bond donors (Lipinski definition) is 1. The number of methoxy groups -OCH3 is 1. The topological polar surface area (TPSA) is 38.7 Å². The normalized spacial score (nSPS) is 10.5. The molecule has 0 atom stereocenters. The molecule has 0 spiro atoms. The van der Waals surface area contributed by atoms with Gasteiger partial charge < -0.3 is 14.6 Å². The summed E-state index contributed by atoms with van der Waals surface area (Å²) in [6.07, 6.45) is 0. The highest BCUT2D eigenvalue weighted by Crippen LogP contribution is 2.33. The monoisotopic (exact) mass is 330 g/mol. The largest absolute Gasteiger partial charge is 0.497 e. The summed E-state index contributed by atoms with van der Waals surface area (Å²) in [6.45, 7) is -0.301. The van der Waals surface area contributed by atoms with Gasteiger partial charge in [0, 0.05) is 22.2 Å². The standard InChI is InChI=1S/C15H13Cl2FO3/c1-20-12-3-2-9(14(18)6-12)8-21-15-10(7-19)4-11(16)5-13(15)17/h2-6,19H,7-8H2,1H3. The van der Waals surface area contributed by atoms with Crippen LogP contribution in [-0.4, -0.2) is 12.2 Å². The highest BCUT2D eigenvalue weighted by molar-refractivity contribution is 6.35. The van der Waals surface area contributed by atoms with Gasteiger partial charge in [0.05, 0.1) is 18.7 Å². The second-order valence-electron chi connectivity index (χ2n) is 4.28. The Morgan fingerprint density at radius 3 is 2.52 bits per heavy atom. The lowest BCUT2D eigenvalue weighted by Crippen LogP contribution is -2.02. The van der Waals surface area contributed by atoms with E-state index in [4.69, 9.17) is 32.7 Å². The molecule has 6 heteroatoms. The van der Waals surface area contributed by atoms with Gasteiger partial charge in [-0.1, -0.05) is 23.2 Å². The first kappa shape index (κ1) is 15.9. The van der Waals surface area contributed by atoms with E-state index in [1.807, 2.05) is 0 Å². The van der Waals surface area contributed by atoms with E-state index in [9.17, 15) is 9.50 Å². The lowest BCUT2D eigenvalue weighted by Gasteiger charge is -2.13. The Labute approximate surface area is 131 Å². The number of aliphatic hydroxyl groups excluding tert-OH is 1. The highest BCUT2D eigenvalue weighted by Gasteiger charge is 2.12. The van der Waals surface area contributed by atoms with Gasteiger partial charge in [0.15, 0.2) is 0 Å². The van der Waals surface area contributed by atoms with Crippen LogP contribution in [0.3, 0.4) is 0 Å². The summed E-state index contributed by atoms with van der Waals surface area (Å²) in [5.41, 5.74) is 0.798. The molecule has 0 heterocycles. The molecule has 1 N–H and O–H groups in total. The Balaban J connectivity index is 2.20. The molecular weight excluding hydrogens is 318 g/mol. The predicted molar refractivity (Wildman–Crippen MR) is 79.7 cm³/mol. The van der Waals surface area contributed by atoms with Gasteiger partial charge in [-0.15, -0.1) is 0 Å². The zero-order valence-electron chi connectivity index (χ0n) is 11.2. The average Bonchev–Trinajstić information content (AvgIpc) is 2.46. The second-order valence-corrected chi connectivity index (χ2v) is 5.12. The van der Waals surface area contributed by atoms with Crippen molar-refractivity contribution in [2.45, 2.75) is 13.2 Å². The van der Waals surface area contributed by atoms with E-state index in [0.717, 1.165) is 0 Å². The third-order valence-electron chi connectivity index (χ3n) is 2.89. The Hall–Kier alpha value is -1.49. The van der Waals surface area contributed by atoms with Gasteiger partial charge in [0.2, 0.25) is 0 Å². The van der Waals surface area contributed by atoms with E-state index in [2.05, 4.69) is 0 Å². The Kier molecular flexibility index (Phi) is 5.28. The molecule has 0 radical (unpaired) electrons. The fraction of sp³-hybridized carbons (Fsp3) is 0.200. The van der Waals surface area contributed by atoms with Crippen molar-refractivity contribution in [1.29, 1.82) is 0 Å². The van der Waals surface area contributed by atoms with E-state index >= 15 is 0 Å². The zero-order valence-corrected chi connectivity index (χ0v) is 12.7. The Morgan fingerprint density at radius 2 is 1.90 bits per heavy atom. The van der Waals surface area contributed by atoms with Crippen LogP contribution in [0.1, 0.15) is 11.1 Å². The molecule has 2 aromatic rings. The molecule has 0 fully saturated rings. The summed E-state index contributed by atoms with van der Waals surface area (Å²) in [5, 5.41) is 9.96. The zero-order chi connectivity index (χ0) is 15.4. The van der Waals surface area contributed by atoms with E-state index in [1.165, 1.54) is 19.2 Å². The SMILES string of the molecule is COc1ccc(COc2c(Cl)cc(Cl)cc2CO)c(F)c1. The number of ether oxygens (including phenoxy) is 2. The maximum atomic E-state index is 13.8. The summed E-state index contributed by atoms with van der Waals surface area (Å²) in [4.78, 5) is 0. The number of aliphatic hydroxyl groups is 1.